The highest BCUT2D eigenvalue weighted by Gasteiger charge is 2.36. The lowest BCUT2D eigenvalue weighted by Crippen LogP contribution is -2.28. The molecular weight excluding hydrogens is 510 g/mol. The zero-order chi connectivity index (χ0) is 27.9. The van der Waals surface area contributed by atoms with Crippen molar-refractivity contribution in [3.8, 4) is 23.0 Å². The second-order valence-electron chi connectivity index (χ2n) is 8.45. The third kappa shape index (κ3) is 6.42. The highest BCUT2D eigenvalue weighted by molar-refractivity contribution is 6.00. The number of carbonyl (C=O) groups is 3. The van der Waals surface area contributed by atoms with E-state index in [2.05, 4.69) is 5.32 Å². The number of methoxy groups -OCH3 is 2. The van der Waals surface area contributed by atoms with Gasteiger partial charge in [-0.05, 0) is 42.5 Å². The highest BCUT2D eigenvalue weighted by atomic mass is 16.6. The van der Waals surface area contributed by atoms with Crippen LogP contribution in [0.4, 0.5) is 17.1 Å². The number of hydrogen-bond acceptors (Lipinski definition) is 9. The summed E-state index contributed by atoms with van der Waals surface area (Å²) >= 11 is 0. The maximum absolute atomic E-state index is 12.6. The van der Waals surface area contributed by atoms with E-state index in [1.165, 1.54) is 30.2 Å². The number of esters is 1. The number of rotatable bonds is 10. The van der Waals surface area contributed by atoms with E-state index >= 15 is 0 Å². The van der Waals surface area contributed by atoms with Gasteiger partial charge in [0.05, 0.1) is 25.1 Å². The van der Waals surface area contributed by atoms with E-state index < -0.39 is 29.3 Å². The molecule has 0 aliphatic carbocycles. The van der Waals surface area contributed by atoms with Gasteiger partial charge in [-0.15, -0.1) is 0 Å². The van der Waals surface area contributed by atoms with E-state index in [9.17, 15) is 24.5 Å². The topological polar surface area (TPSA) is 147 Å². The lowest BCUT2D eigenvalue weighted by atomic mass is 10.1. The summed E-state index contributed by atoms with van der Waals surface area (Å²) in [7, 11) is 2.93. The highest BCUT2D eigenvalue weighted by Crippen LogP contribution is 2.33. The third-order valence-electron chi connectivity index (χ3n) is 5.92. The summed E-state index contributed by atoms with van der Waals surface area (Å²) in [5.41, 5.74) is 0.137. The predicted molar refractivity (Wildman–Crippen MR) is 139 cm³/mol. The van der Waals surface area contributed by atoms with E-state index in [4.69, 9.17) is 18.9 Å². The largest absolute Gasteiger partial charge is 0.497 e. The van der Waals surface area contributed by atoms with Gasteiger partial charge in [-0.2, -0.15) is 0 Å². The van der Waals surface area contributed by atoms with Crippen LogP contribution in [0.15, 0.2) is 66.7 Å². The molecule has 1 heterocycles. The van der Waals surface area contributed by atoms with Crippen LogP contribution in [0.3, 0.4) is 0 Å². The molecular formula is C27H25N3O9. The normalized spacial score (nSPS) is 14.5. The summed E-state index contributed by atoms with van der Waals surface area (Å²) in [5, 5.41) is 13.6. The van der Waals surface area contributed by atoms with Crippen molar-refractivity contribution < 1.29 is 38.3 Å². The predicted octanol–water partition coefficient (Wildman–Crippen LogP) is 3.94. The maximum atomic E-state index is 12.6. The molecule has 1 aliphatic heterocycles. The fourth-order valence-corrected chi connectivity index (χ4v) is 3.98. The van der Waals surface area contributed by atoms with Crippen LogP contribution in [0.1, 0.15) is 6.42 Å². The van der Waals surface area contributed by atoms with Crippen LogP contribution in [-0.4, -0.2) is 50.1 Å². The number of hydrogen-bond donors (Lipinski definition) is 1. The molecule has 0 spiro atoms. The van der Waals surface area contributed by atoms with Gasteiger partial charge in [0.15, 0.2) is 18.1 Å². The minimum absolute atomic E-state index is 0.0767. The molecule has 12 heteroatoms. The van der Waals surface area contributed by atoms with Crippen molar-refractivity contribution in [2.45, 2.75) is 6.42 Å². The van der Waals surface area contributed by atoms with Gasteiger partial charge in [-0.3, -0.25) is 24.5 Å². The van der Waals surface area contributed by atoms with Gasteiger partial charge in [0.2, 0.25) is 5.91 Å². The monoisotopic (exact) mass is 535 g/mol. The van der Waals surface area contributed by atoms with Crippen molar-refractivity contribution in [1.82, 2.24) is 0 Å². The first kappa shape index (κ1) is 26.9. The Bertz CT molecular complexity index is 1390. The number of amides is 2. The first-order valence-electron chi connectivity index (χ1n) is 11.8. The summed E-state index contributed by atoms with van der Waals surface area (Å²) in [5.74, 6) is -0.590. The maximum Gasteiger partial charge on any atom is 0.311 e. The molecule has 0 aromatic heterocycles. The van der Waals surface area contributed by atoms with E-state index in [1.54, 1.807) is 43.5 Å². The van der Waals surface area contributed by atoms with E-state index in [1.807, 2.05) is 12.1 Å². The van der Waals surface area contributed by atoms with Crippen LogP contribution in [0.2, 0.25) is 0 Å². The molecule has 2 amide bonds. The number of benzene rings is 3. The molecule has 0 unspecified atom stereocenters. The van der Waals surface area contributed by atoms with Crippen molar-refractivity contribution in [3.63, 3.8) is 0 Å². The van der Waals surface area contributed by atoms with Gasteiger partial charge in [-0.25, -0.2) is 0 Å². The van der Waals surface area contributed by atoms with E-state index in [0.717, 1.165) is 0 Å². The Morgan fingerprint density at radius 3 is 2.36 bits per heavy atom. The molecule has 4 rings (SSSR count). The average Bonchev–Trinajstić information content (AvgIpc) is 3.33. The molecule has 1 atom stereocenters. The van der Waals surface area contributed by atoms with Crippen molar-refractivity contribution in [2.75, 3.05) is 37.6 Å². The average molecular weight is 536 g/mol. The van der Waals surface area contributed by atoms with Crippen LogP contribution < -0.4 is 24.4 Å². The van der Waals surface area contributed by atoms with Crippen LogP contribution >= 0.6 is 0 Å². The Balaban J connectivity index is 1.32. The molecule has 12 nitrogen and oxygen atoms in total. The lowest BCUT2D eigenvalue weighted by molar-refractivity contribution is -0.383. The van der Waals surface area contributed by atoms with Crippen LogP contribution in [0, 0.1) is 16.0 Å². The van der Waals surface area contributed by atoms with Gasteiger partial charge in [0.1, 0.15) is 17.2 Å². The van der Waals surface area contributed by atoms with Gasteiger partial charge >= 0.3 is 5.97 Å². The summed E-state index contributed by atoms with van der Waals surface area (Å²) in [6.45, 7) is -0.597. The molecule has 1 saturated heterocycles. The Kier molecular flexibility index (Phi) is 8.24. The summed E-state index contributed by atoms with van der Waals surface area (Å²) in [6, 6.07) is 17.9. The van der Waals surface area contributed by atoms with Crippen LogP contribution in [0.25, 0.3) is 0 Å². The Hall–Kier alpha value is -5.13. The van der Waals surface area contributed by atoms with E-state index in [0.29, 0.717) is 28.7 Å². The summed E-state index contributed by atoms with van der Waals surface area (Å²) < 4.78 is 21.3. The molecule has 3 aromatic carbocycles. The molecule has 0 bridgehead atoms. The zero-order valence-electron chi connectivity index (χ0n) is 21.1. The molecule has 202 valence electrons. The Morgan fingerprint density at radius 1 is 1.00 bits per heavy atom. The smallest absolute Gasteiger partial charge is 0.311 e. The number of nitro benzene ring substituents is 1. The zero-order valence-corrected chi connectivity index (χ0v) is 21.1. The molecule has 1 fully saturated rings. The van der Waals surface area contributed by atoms with E-state index in [-0.39, 0.29) is 30.2 Å². The molecule has 0 saturated carbocycles. The van der Waals surface area contributed by atoms with Crippen LogP contribution in [-0.2, 0) is 19.1 Å². The Labute approximate surface area is 223 Å². The second kappa shape index (κ2) is 11.9. The first-order chi connectivity index (χ1) is 18.8. The number of para-hydroxylation sites is 2. The fraction of sp³-hybridized carbons (Fsp3) is 0.222. The van der Waals surface area contributed by atoms with Gasteiger partial charge in [-0.1, -0.05) is 12.1 Å². The molecule has 1 N–H and O–H groups in total. The molecule has 1 aliphatic rings. The minimum atomic E-state index is -0.777. The standard InChI is InChI=1S/C27H25N3O9/c1-36-20-11-12-22(30(34)35)21(14-20)28-25(31)16-38-27(33)17-13-26(32)29(15-17)18-7-9-19(10-8-18)39-24-6-4-3-5-23(24)37-2/h3-12,14,17H,13,15-16H2,1-2H3,(H,28,31)/t17-/m1/s1. The Morgan fingerprint density at radius 2 is 1.69 bits per heavy atom. The molecule has 0 radical (unpaired) electrons. The summed E-state index contributed by atoms with van der Waals surface area (Å²) in [4.78, 5) is 49.5. The number of ether oxygens (including phenoxy) is 4. The molecule has 3 aromatic rings. The third-order valence-corrected chi connectivity index (χ3v) is 5.92. The number of nitro groups is 1. The second-order valence-corrected chi connectivity index (χ2v) is 8.45. The van der Waals surface area contributed by atoms with Crippen molar-refractivity contribution in [1.29, 1.82) is 0 Å². The fourth-order valence-electron chi connectivity index (χ4n) is 3.98. The number of nitrogens with one attached hydrogen (secondary N) is 1. The van der Waals surface area contributed by atoms with Crippen molar-refractivity contribution in [3.05, 3.63) is 76.8 Å². The molecule has 39 heavy (non-hydrogen) atoms. The van der Waals surface area contributed by atoms with Gasteiger partial charge in [0, 0.05) is 30.8 Å². The van der Waals surface area contributed by atoms with Crippen LogP contribution in [0.5, 0.6) is 23.0 Å². The SMILES string of the molecule is COc1ccc([N+](=O)[O-])c(NC(=O)COC(=O)[C@@H]2CC(=O)N(c3ccc(Oc4ccccc4OC)cc3)C2)c1. The number of nitrogens with zero attached hydrogens (tertiary/aromatic N) is 2. The van der Waals surface area contributed by atoms with Crippen molar-refractivity contribution >= 4 is 34.8 Å². The van der Waals surface area contributed by atoms with Gasteiger partial charge in [0.25, 0.3) is 11.6 Å². The summed E-state index contributed by atoms with van der Waals surface area (Å²) in [6.07, 6.45) is -0.0821. The number of carbonyl (C=O) groups excluding carboxylic acids is 3. The lowest BCUT2D eigenvalue weighted by Gasteiger charge is -2.17. The number of anilines is 2. The van der Waals surface area contributed by atoms with Gasteiger partial charge < -0.3 is 29.2 Å². The minimum Gasteiger partial charge on any atom is -0.497 e. The quantitative estimate of drug-likeness (QED) is 0.232. The first-order valence-corrected chi connectivity index (χ1v) is 11.8. The van der Waals surface area contributed by atoms with Crippen molar-refractivity contribution in [2.24, 2.45) is 5.92 Å².